The first-order valence-corrected chi connectivity index (χ1v) is 7.41. The van der Waals surface area contributed by atoms with Gasteiger partial charge in [0.15, 0.2) is 11.5 Å². The first-order chi connectivity index (χ1) is 9.72. The summed E-state index contributed by atoms with van der Waals surface area (Å²) in [7, 11) is 1.55. The second-order valence-corrected chi connectivity index (χ2v) is 7.13. The summed E-state index contributed by atoms with van der Waals surface area (Å²) < 4.78 is 5.12. The zero-order valence-electron chi connectivity index (χ0n) is 13.6. The van der Waals surface area contributed by atoms with Crippen LogP contribution in [-0.2, 0) is 0 Å². The molecule has 21 heavy (non-hydrogen) atoms. The fraction of sp³-hybridized carbons (Fsp3) is 0.588. The lowest BCUT2D eigenvalue weighted by Gasteiger charge is -2.45. The first-order valence-electron chi connectivity index (χ1n) is 7.41. The zero-order valence-corrected chi connectivity index (χ0v) is 13.6. The molecular weight excluding hydrogens is 264 g/mol. The van der Waals surface area contributed by atoms with E-state index in [1.165, 1.54) is 0 Å². The largest absolute Gasteiger partial charge is 0.504 e. The standard InChI is InChI=1S/C17H26N2O2/c1-16(2)9-13(10-17(3,4)19-16)18-11-12-7-6-8-14(21-5)15(12)20/h6-8,11,13,19-20H,9-10H2,1-5H3. The third-order valence-electron chi connectivity index (χ3n) is 3.84. The van der Waals surface area contributed by atoms with Crippen LogP contribution in [0, 0.1) is 0 Å². The molecule has 1 heterocycles. The molecule has 1 fully saturated rings. The molecule has 0 aromatic heterocycles. The summed E-state index contributed by atoms with van der Waals surface area (Å²) in [6.07, 6.45) is 3.73. The predicted octanol–water partition coefficient (Wildman–Crippen LogP) is 3.13. The number of phenolic OH excluding ortho intramolecular Hbond substituents is 1. The molecule has 4 heteroatoms. The fourth-order valence-electron chi connectivity index (χ4n) is 3.37. The van der Waals surface area contributed by atoms with Crippen LogP contribution >= 0.6 is 0 Å². The topological polar surface area (TPSA) is 53.8 Å². The smallest absolute Gasteiger partial charge is 0.166 e. The van der Waals surface area contributed by atoms with E-state index in [-0.39, 0.29) is 22.9 Å². The van der Waals surface area contributed by atoms with Crippen molar-refractivity contribution < 1.29 is 9.84 Å². The summed E-state index contributed by atoms with van der Waals surface area (Å²) in [6.45, 7) is 8.83. The molecule has 0 unspecified atom stereocenters. The average Bonchev–Trinajstić information content (AvgIpc) is 2.34. The van der Waals surface area contributed by atoms with E-state index in [1.54, 1.807) is 19.4 Å². The number of nitrogens with zero attached hydrogens (tertiary/aromatic N) is 1. The van der Waals surface area contributed by atoms with E-state index in [2.05, 4.69) is 33.0 Å². The molecule has 0 atom stereocenters. The average molecular weight is 290 g/mol. The van der Waals surface area contributed by atoms with Crippen LogP contribution in [0.4, 0.5) is 0 Å². The Morgan fingerprint density at radius 1 is 1.24 bits per heavy atom. The molecule has 0 aliphatic carbocycles. The van der Waals surface area contributed by atoms with Crippen LogP contribution in [0.5, 0.6) is 11.5 Å². The normalized spacial score (nSPS) is 21.6. The Bertz CT molecular complexity index is 520. The maximum Gasteiger partial charge on any atom is 0.166 e. The maximum absolute atomic E-state index is 10.1. The Kier molecular flexibility index (Phi) is 4.28. The number of rotatable bonds is 3. The minimum Gasteiger partial charge on any atom is -0.504 e. The number of hydrogen-bond donors (Lipinski definition) is 2. The SMILES string of the molecule is COc1cccc(C=NC2CC(C)(C)NC(C)(C)C2)c1O. The number of phenols is 1. The van der Waals surface area contributed by atoms with E-state index >= 15 is 0 Å². The van der Waals surface area contributed by atoms with Crippen molar-refractivity contribution in [3.05, 3.63) is 23.8 Å². The third-order valence-corrected chi connectivity index (χ3v) is 3.84. The van der Waals surface area contributed by atoms with E-state index in [1.807, 2.05) is 12.1 Å². The van der Waals surface area contributed by atoms with Gasteiger partial charge in [-0.25, -0.2) is 0 Å². The molecule has 0 saturated carbocycles. The molecule has 0 radical (unpaired) electrons. The van der Waals surface area contributed by atoms with Crippen LogP contribution in [0.3, 0.4) is 0 Å². The van der Waals surface area contributed by atoms with Gasteiger partial charge in [-0.05, 0) is 52.7 Å². The molecule has 2 rings (SSSR count). The Hall–Kier alpha value is -1.55. The Morgan fingerprint density at radius 2 is 1.86 bits per heavy atom. The number of nitrogens with one attached hydrogen (secondary N) is 1. The molecule has 1 aliphatic heterocycles. The number of methoxy groups -OCH3 is 1. The number of aromatic hydroxyl groups is 1. The first kappa shape index (κ1) is 15.8. The summed E-state index contributed by atoms with van der Waals surface area (Å²) >= 11 is 0. The Balaban J connectivity index is 2.17. The van der Waals surface area contributed by atoms with Crippen LogP contribution < -0.4 is 10.1 Å². The third kappa shape index (κ3) is 3.97. The summed E-state index contributed by atoms with van der Waals surface area (Å²) in [6, 6.07) is 5.69. The molecule has 116 valence electrons. The number of hydrogen-bond acceptors (Lipinski definition) is 4. The predicted molar refractivity (Wildman–Crippen MR) is 86.6 cm³/mol. The lowest BCUT2D eigenvalue weighted by atomic mass is 9.80. The molecule has 1 aromatic carbocycles. The van der Waals surface area contributed by atoms with Crippen LogP contribution in [0.25, 0.3) is 0 Å². The van der Waals surface area contributed by atoms with Crippen LogP contribution in [0.15, 0.2) is 23.2 Å². The second kappa shape index (κ2) is 5.68. The van der Waals surface area contributed by atoms with Crippen molar-refractivity contribution in [1.82, 2.24) is 5.32 Å². The van der Waals surface area contributed by atoms with Crippen molar-refractivity contribution in [2.75, 3.05) is 7.11 Å². The van der Waals surface area contributed by atoms with Gasteiger partial charge in [-0.2, -0.15) is 0 Å². The van der Waals surface area contributed by atoms with E-state index in [0.717, 1.165) is 12.8 Å². The molecule has 1 saturated heterocycles. The summed E-state index contributed by atoms with van der Waals surface area (Å²) in [5.41, 5.74) is 0.837. The van der Waals surface area contributed by atoms with Gasteiger partial charge in [-0.15, -0.1) is 0 Å². The van der Waals surface area contributed by atoms with Crippen molar-refractivity contribution in [2.45, 2.75) is 57.7 Å². The van der Waals surface area contributed by atoms with Gasteiger partial charge in [-0.3, -0.25) is 4.99 Å². The van der Waals surface area contributed by atoms with Gasteiger partial charge >= 0.3 is 0 Å². The Labute approximate surface area is 127 Å². The number of benzene rings is 1. The van der Waals surface area contributed by atoms with E-state index in [4.69, 9.17) is 9.73 Å². The number of para-hydroxylation sites is 1. The summed E-state index contributed by atoms with van der Waals surface area (Å²) in [5, 5.41) is 13.7. The quantitative estimate of drug-likeness (QED) is 0.841. The van der Waals surface area contributed by atoms with Gasteiger partial charge in [0.25, 0.3) is 0 Å². The molecule has 2 N–H and O–H groups in total. The fourth-order valence-corrected chi connectivity index (χ4v) is 3.37. The van der Waals surface area contributed by atoms with Crippen molar-refractivity contribution >= 4 is 6.21 Å². The van der Waals surface area contributed by atoms with Gasteiger partial charge in [0.05, 0.1) is 13.2 Å². The summed E-state index contributed by atoms with van der Waals surface area (Å²) in [5.74, 6) is 0.626. The molecule has 0 amide bonds. The number of ether oxygens (including phenoxy) is 1. The summed E-state index contributed by atoms with van der Waals surface area (Å²) in [4.78, 5) is 4.70. The Morgan fingerprint density at radius 3 is 2.43 bits per heavy atom. The van der Waals surface area contributed by atoms with E-state index < -0.39 is 0 Å². The maximum atomic E-state index is 10.1. The minimum atomic E-state index is 0.0696. The monoisotopic (exact) mass is 290 g/mol. The number of aliphatic imine (C=N–C) groups is 1. The van der Waals surface area contributed by atoms with Crippen molar-refractivity contribution in [3.8, 4) is 11.5 Å². The number of piperidine rings is 1. The van der Waals surface area contributed by atoms with Gasteiger partial charge in [0.2, 0.25) is 0 Å². The van der Waals surface area contributed by atoms with Gasteiger partial charge in [0, 0.05) is 22.9 Å². The molecule has 1 aliphatic rings. The lowest BCUT2D eigenvalue weighted by molar-refractivity contribution is 0.164. The minimum absolute atomic E-state index is 0.0696. The van der Waals surface area contributed by atoms with E-state index in [0.29, 0.717) is 11.3 Å². The van der Waals surface area contributed by atoms with Crippen LogP contribution in [-0.4, -0.2) is 35.6 Å². The van der Waals surface area contributed by atoms with Gasteiger partial charge in [-0.1, -0.05) is 6.07 Å². The highest BCUT2D eigenvalue weighted by molar-refractivity contribution is 5.84. The highest BCUT2D eigenvalue weighted by Crippen LogP contribution is 2.31. The molecular formula is C17H26N2O2. The highest BCUT2D eigenvalue weighted by atomic mass is 16.5. The second-order valence-electron chi connectivity index (χ2n) is 7.13. The van der Waals surface area contributed by atoms with Crippen LogP contribution in [0.1, 0.15) is 46.1 Å². The molecule has 1 aromatic rings. The van der Waals surface area contributed by atoms with Gasteiger partial charge < -0.3 is 15.2 Å². The van der Waals surface area contributed by atoms with Crippen molar-refractivity contribution in [1.29, 1.82) is 0 Å². The molecule has 0 bridgehead atoms. The molecule has 4 nitrogen and oxygen atoms in total. The van der Waals surface area contributed by atoms with E-state index in [9.17, 15) is 5.11 Å². The lowest BCUT2D eigenvalue weighted by Crippen LogP contribution is -2.58. The molecule has 0 spiro atoms. The van der Waals surface area contributed by atoms with Crippen molar-refractivity contribution in [3.63, 3.8) is 0 Å². The van der Waals surface area contributed by atoms with Crippen LogP contribution in [0.2, 0.25) is 0 Å². The zero-order chi connectivity index (χ0) is 15.7. The highest BCUT2D eigenvalue weighted by Gasteiger charge is 2.37. The van der Waals surface area contributed by atoms with Crippen molar-refractivity contribution in [2.24, 2.45) is 4.99 Å². The van der Waals surface area contributed by atoms with Gasteiger partial charge in [0.1, 0.15) is 0 Å².